The van der Waals surface area contributed by atoms with E-state index in [4.69, 9.17) is 0 Å². The SMILES string of the molecule is Cn1c(=O)c2c(nc(NCCC(c3ccccc3)c3ccccc3)n2CC(=O)O)n(C)c1=O. The largest absolute Gasteiger partial charge is 0.480 e. The highest BCUT2D eigenvalue weighted by molar-refractivity contribution is 5.77. The zero-order chi connectivity index (χ0) is 23.5. The van der Waals surface area contributed by atoms with Gasteiger partial charge in [0, 0.05) is 26.6 Å². The number of carbonyl (C=O) groups is 1. The molecule has 0 radical (unpaired) electrons. The molecule has 0 aliphatic carbocycles. The molecular formula is C24H25N5O4. The summed E-state index contributed by atoms with van der Waals surface area (Å²) in [6, 6.07) is 20.3. The van der Waals surface area contributed by atoms with Gasteiger partial charge < -0.3 is 10.4 Å². The van der Waals surface area contributed by atoms with Crippen molar-refractivity contribution in [3.05, 3.63) is 92.6 Å². The topological polar surface area (TPSA) is 111 Å². The number of imidazole rings is 1. The Bertz CT molecular complexity index is 1360. The van der Waals surface area contributed by atoms with Crippen molar-refractivity contribution in [1.29, 1.82) is 0 Å². The van der Waals surface area contributed by atoms with Crippen molar-refractivity contribution in [3.63, 3.8) is 0 Å². The minimum Gasteiger partial charge on any atom is -0.480 e. The van der Waals surface area contributed by atoms with E-state index in [0.29, 0.717) is 13.0 Å². The van der Waals surface area contributed by atoms with E-state index in [9.17, 15) is 19.5 Å². The van der Waals surface area contributed by atoms with Gasteiger partial charge in [-0.05, 0) is 17.5 Å². The molecule has 0 saturated heterocycles. The maximum Gasteiger partial charge on any atom is 0.332 e. The standard InChI is InChI=1S/C24H25N5O4/c1-27-21-20(22(32)28(2)24(27)33)29(15-19(30)31)23(26-21)25-14-13-18(16-9-5-3-6-10-16)17-11-7-4-8-12-17/h3-12,18H,13-15H2,1-2H3,(H,25,26)(H,30,31). The van der Waals surface area contributed by atoms with Gasteiger partial charge in [-0.3, -0.25) is 23.3 Å². The second-order valence-corrected chi connectivity index (χ2v) is 7.88. The van der Waals surface area contributed by atoms with Gasteiger partial charge >= 0.3 is 11.7 Å². The highest BCUT2D eigenvalue weighted by Crippen LogP contribution is 2.28. The molecule has 4 aromatic rings. The van der Waals surface area contributed by atoms with Crippen LogP contribution in [0.25, 0.3) is 11.2 Å². The van der Waals surface area contributed by atoms with Gasteiger partial charge in [-0.2, -0.15) is 4.98 Å². The van der Waals surface area contributed by atoms with Crippen LogP contribution in [-0.4, -0.2) is 36.3 Å². The lowest BCUT2D eigenvalue weighted by atomic mass is 9.88. The van der Waals surface area contributed by atoms with Crippen molar-refractivity contribution in [2.24, 2.45) is 14.1 Å². The number of aryl methyl sites for hydroxylation is 1. The van der Waals surface area contributed by atoms with Crippen LogP contribution in [0.1, 0.15) is 23.5 Å². The van der Waals surface area contributed by atoms with Crippen LogP contribution in [0, 0.1) is 0 Å². The van der Waals surface area contributed by atoms with Gasteiger partial charge in [-0.1, -0.05) is 60.7 Å². The number of carboxylic acids is 1. The quantitative estimate of drug-likeness (QED) is 0.428. The molecule has 9 heteroatoms. The van der Waals surface area contributed by atoms with Gasteiger partial charge in [-0.25, -0.2) is 4.79 Å². The molecule has 2 heterocycles. The van der Waals surface area contributed by atoms with Crippen molar-refractivity contribution in [3.8, 4) is 0 Å². The van der Waals surface area contributed by atoms with Crippen LogP contribution in [0.4, 0.5) is 5.95 Å². The number of nitrogens with one attached hydrogen (secondary N) is 1. The smallest absolute Gasteiger partial charge is 0.332 e. The summed E-state index contributed by atoms with van der Waals surface area (Å²) in [7, 11) is 2.87. The van der Waals surface area contributed by atoms with Crippen LogP contribution in [0.3, 0.4) is 0 Å². The highest BCUT2D eigenvalue weighted by Gasteiger charge is 2.21. The Morgan fingerprint density at radius 1 is 0.970 bits per heavy atom. The fourth-order valence-electron chi connectivity index (χ4n) is 4.10. The lowest BCUT2D eigenvalue weighted by Gasteiger charge is -2.19. The number of carboxylic acid groups (broad SMARTS) is 1. The fourth-order valence-corrected chi connectivity index (χ4v) is 4.10. The predicted octanol–water partition coefficient (Wildman–Crippen LogP) is 2.15. The number of fused-ring (bicyclic) bond motifs is 1. The number of rotatable bonds is 8. The molecule has 33 heavy (non-hydrogen) atoms. The minimum absolute atomic E-state index is 0.0761. The lowest BCUT2D eigenvalue weighted by Crippen LogP contribution is -2.37. The first-order valence-electron chi connectivity index (χ1n) is 10.6. The monoisotopic (exact) mass is 447 g/mol. The molecule has 0 amide bonds. The number of aromatic nitrogens is 4. The molecule has 0 aliphatic heterocycles. The molecule has 2 aromatic heterocycles. The fraction of sp³-hybridized carbons (Fsp3) is 0.250. The Kier molecular flexibility index (Phi) is 6.12. The van der Waals surface area contributed by atoms with Crippen molar-refractivity contribution >= 4 is 23.1 Å². The first-order valence-corrected chi connectivity index (χ1v) is 10.6. The third kappa shape index (κ3) is 4.30. The number of hydrogen-bond acceptors (Lipinski definition) is 5. The van der Waals surface area contributed by atoms with E-state index in [0.717, 1.165) is 4.57 Å². The molecule has 4 rings (SSSR count). The maximum absolute atomic E-state index is 12.7. The van der Waals surface area contributed by atoms with Crippen LogP contribution < -0.4 is 16.6 Å². The Morgan fingerprint density at radius 3 is 2.09 bits per heavy atom. The van der Waals surface area contributed by atoms with Crippen LogP contribution in [0.5, 0.6) is 0 Å². The van der Waals surface area contributed by atoms with Gasteiger partial charge in [0.15, 0.2) is 11.2 Å². The maximum atomic E-state index is 12.7. The predicted molar refractivity (Wildman–Crippen MR) is 126 cm³/mol. The van der Waals surface area contributed by atoms with Gasteiger partial charge in [0.2, 0.25) is 5.95 Å². The number of benzene rings is 2. The molecule has 0 bridgehead atoms. The first-order chi connectivity index (χ1) is 15.9. The molecule has 0 unspecified atom stereocenters. The van der Waals surface area contributed by atoms with E-state index < -0.39 is 23.8 Å². The second-order valence-electron chi connectivity index (χ2n) is 7.88. The Labute approximate surface area is 189 Å². The van der Waals surface area contributed by atoms with Gasteiger partial charge in [0.25, 0.3) is 5.56 Å². The third-order valence-electron chi connectivity index (χ3n) is 5.76. The van der Waals surface area contributed by atoms with Crippen molar-refractivity contribution < 1.29 is 9.90 Å². The van der Waals surface area contributed by atoms with E-state index in [1.165, 1.54) is 34.4 Å². The normalized spacial score (nSPS) is 11.2. The van der Waals surface area contributed by atoms with Crippen LogP contribution in [0.2, 0.25) is 0 Å². The molecule has 9 nitrogen and oxygen atoms in total. The third-order valence-corrected chi connectivity index (χ3v) is 5.76. The summed E-state index contributed by atoms with van der Waals surface area (Å²) in [6.45, 7) is 0.0265. The van der Waals surface area contributed by atoms with Crippen LogP contribution in [-0.2, 0) is 25.4 Å². The Morgan fingerprint density at radius 2 is 1.55 bits per heavy atom. The number of nitrogens with zero attached hydrogens (tertiary/aromatic N) is 4. The second kappa shape index (κ2) is 9.15. The van der Waals surface area contributed by atoms with Crippen molar-refractivity contribution in [1.82, 2.24) is 18.7 Å². The summed E-state index contributed by atoms with van der Waals surface area (Å²) >= 11 is 0. The first kappa shape index (κ1) is 22.1. The molecule has 2 aromatic carbocycles. The summed E-state index contributed by atoms with van der Waals surface area (Å²) in [5.41, 5.74) is 1.46. The minimum atomic E-state index is -1.11. The lowest BCUT2D eigenvalue weighted by molar-refractivity contribution is -0.137. The number of hydrogen-bond donors (Lipinski definition) is 2. The van der Waals surface area contributed by atoms with Crippen LogP contribution >= 0.6 is 0 Å². The van der Waals surface area contributed by atoms with Gasteiger partial charge in [0.1, 0.15) is 6.54 Å². The average Bonchev–Trinajstić information content (AvgIpc) is 3.18. The summed E-state index contributed by atoms with van der Waals surface area (Å²) < 4.78 is 3.52. The molecule has 2 N–H and O–H groups in total. The van der Waals surface area contributed by atoms with E-state index in [1.54, 1.807) is 0 Å². The van der Waals surface area contributed by atoms with E-state index in [1.807, 2.05) is 36.4 Å². The Balaban J connectivity index is 1.68. The zero-order valence-electron chi connectivity index (χ0n) is 18.4. The van der Waals surface area contributed by atoms with Crippen LogP contribution in [0.15, 0.2) is 70.3 Å². The molecule has 0 fully saturated rings. The number of aliphatic carboxylic acids is 1. The number of anilines is 1. The molecule has 0 aliphatic rings. The summed E-state index contributed by atoms with van der Waals surface area (Å²) in [6.07, 6.45) is 0.710. The molecule has 0 spiro atoms. The van der Waals surface area contributed by atoms with E-state index >= 15 is 0 Å². The highest BCUT2D eigenvalue weighted by atomic mass is 16.4. The molecule has 170 valence electrons. The van der Waals surface area contributed by atoms with Gasteiger partial charge in [-0.15, -0.1) is 0 Å². The van der Waals surface area contributed by atoms with Gasteiger partial charge in [0.05, 0.1) is 0 Å². The summed E-state index contributed by atoms with van der Waals surface area (Å²) in [5, 5.41) is 12.6. The average molecular weight is 447 g/mol. The summed E-state index contributed by atoms with van der Waals surface area (Å²) in [5.74, 6) is -0.750. The molecular weight excluding hydrogens is 422 g/mol. The molecule has 0 saturated carbocycles. The van der Waals surface area contributed by atoms with Crippen molar-refractivity contribution in [2.45, 2.75) is 18.9 Å². The van der Waals surface area contributed by atoms with E-state index in [-0.39, 0.29) is 23.0 Å². The molecule has 0 atom stereocenters. The zero-order valence-corrected chi connectivity index (χ0v) is 18.4. The Hall–Kier alpha value is -4.14. The summed E-state index contributed by atoms with van der Waals surface area (Å²) in [4.78, 5) is 41.0. The van der Waals surface area contributed by atoms with Crippen molar-refractivity contribution in [2.75, 3.05) is 11.9 Å². The van der Waals surface area contributed by atoms with E-state index in [2.05, 4.69) is 34.6 Å².